The molecule has 0 N–H and O–H groups in total. The van der Waals surface area contributed by atoms with E-state index in [2.05, 4.69) is 19.1 Å². The molecule has 1 aromatic carbocycles. The number of quaternary nitrogens is 1. The number of allylic oxidation sites excluding steroid dienone is 2. The zero-order valence-electron chi connectivity index (χ0n) is 24.8. The molecule has 220 valence electrons. The summed E-state index contributed by atoms with van der Waals surface area (Å²) in [6.07, 6.45) is 23.3. The van der Waals surface area contributed by atoms with Crippen LogP contribution in [0.2, 0.25) is 0 Å². The Morgan fingerprint density at radius 2 is 1.37 bits per heavy atom. The Morgan fingerprint density at radius 3 is 2.00 bits per heavy atom. The Labute approximate surface area is 234 Å². The monoisotopic (exact) mass is 553 g/mol. The van der Waals surface area contributed by atoms with Crippen molar-refractivity contribution in [3.8, 4) is 5.75 Å². The minimum atomic E-state index is -4.27. The Balaban J connectivity index is 2.03. The van der Waals surface area contributed by atoms with Gasteiger partial charge in [-0.25, -0.2) is 0 Å². The lowest BCUT2D eigenvalue weighted by Gasteiger charge is -2.27. The molecular weight excluding hydrogens is 497 g/mol. The van der Waals surface area contributed by atoms with E-state index in [1.54, 1.807) is 0 Å². The van der Waals surface area contributed by atoms with Crippen LogP contribution in [0.15, 0.2) is 36.4 Å². The van der Waals surface area contributed by atoms with Crippen LogP contribution >= 0.6 is 7.82 Å². The number of rotatable bonds is 25. The van der Waals surface area contributed by atoms with Crippen molar-refractivity contribution in [2.45, 2.75) is 103 Å². The van der Waals surface area contributed by atoms with Crippen molar-refractivity contribution >= 4 is 7.82 Å². The van der Waals surface area contributed by atoms with E-state index >= 15 is 0 Å². The number of benzene rings is 1. The lowest BCUT2D eigenvalue weighted by Crippen LogP contribution is -2.37. The van der Waals surface area contributed by atoms with Gasteiger partial charge in [-0.05, 0) is 56.2 Å². The molecule has 0 amide bonds. The van der Waals surface area contributed by atoms with Crippen molar-refractivity contribution in [3.63, 3.8) is 0 Å². The Hall–Kier alpha value is -1.17. The van der Waals surface area contributed by atoms with Gasteiger partial charge in [-0.15, -0.1) is 0 Å². The second kappa shape index (κ2) is 21.6. The summed E-state index contributed by atoms with van der Waals surface area (Å²) in [6, 6.07) is 7.78. The quantitative estimate of drug-likeness (QED) is 0.0534. The van der Waals surface area contributed by atoms with E-state index in [-0.39, 0.29) is 13.2 Å². The molecular formula is C31H56NO5P. The van der Waals surface area contributed by atoms with E-state index in [1.807, 2.05) is 45.4 Å². The molecule has 0 saturated carbocycles. The zero-order chi connectivity index (χ0) is 28.0. The van der Waals surface area contributed by atoms with Crippen LogP contribution in [0.25, 0.3) is 0 Å². The lowest BCUT2D eigenvalue weighted by molar-refractivity contribution is -0.870. The average Bonchev–Trinajstić information content (AvgIpc) is 2.85. The first-order chi connectivity index (χ1) is 18.2. The molecule has 0 aliphatic heterocycles. The van der Waals surface area contributed by atoms with Crippen molar-refractivity contribution in [1.82, 2.24) is 0 Å². The molecule has 1 rings (SSSR count). The van der Waals surface area contributed by atoms with Crippen LogP contribution in [-0.4, -0.2) is 52.0 Å². The molecule has 0 fully saturated rings. The summed E-state index contributed by atoms with van der Waals surface area (Å²) in [7, 11) is 1.67. The maximum Gasteiger partial charge on any atom is 0.268 e. The largest absolute Gasteiger partial charge is 0.756 e. The van der Waals surface area contributed by atoms with Gasteiger partial charge in [0.05, 0.1) is 34.4 Å². The van der Waals surface area contributed by atoms with Gasteiger partial charge in [0.1, 0.15) is 18.9 Å². The molecule has 0 heterocycles. The third-order valence-electron chi connectivity index (χ3n) is 6.47. The summed E-state index contributed by atoms with van der Waals surface area (Å²) >= 11 is 0. The van der Waals surface area contributed by atoms with E-state index in [4.69, 9.17) is 13.8 Å². The highest BCUT2D eigenvalue weighted by atomic mass is 31.2. The molecule has 6 nitrogen and oxygen atoms in total. The molecule has 1 unspecified atom stereocenters. The zero-order valence-corrected chi connectivity index (χ0v) is 25.7. The first-order valence-corrected chi connectivity index (χ1v) is 16.5. The van der Waals surface area contributed by atoms with Crippen LogP contribution in [0.3, 0.4) is 0 Å². The normalized spacial score (nSPS) is 13.7. The van der Waals surface area contributed by atoms with Crippen molar-refractivity contribution in [1.29, 1.82) is 0 Å². The van der Waals surface area contributed by atoms with Crippen molar-refractivity contribution < 1.29 is 27.7 Å². The predicted molar refractivity (Wildman–Crippen MR) is 158 cm³/mol. The topological polar surface area (TPSA) is 67.8 Å². The highest BCUT2D eigenvalue weighted by Gasteiger charge is 2.13. The average molecular weight is 554 g/mol. The van der Waals surface area contributed by atoms with Gasteiger partial charge < -0.3 is 23.2 Å². The Kier molecular flexibility index (Phi) is 19.8. The van der Waals surface area contributed by atoms with Gasteiger partial charge in [0.2, 0.25) is 0 Å². The molecule has 0 bridgehead atoms. The first-order valence-electron chi connectivity index (χ1n) is 15.0. The van der Waals surface area contributed by atoms with Crippen molar-refractivity contribution in [2.75, 3.05) is 47.5 Å². The predicted octanol–water partition coefficient (Wildman–Crippen LogP) is 7.85. The molecule has 0 radical (unpaired) electrons. The Bertz CT molecular complexity index is 778. The van der Waals surface area contributed by atoms with Crippen LogP contribution in [0.4, 0.5) is 0 Å². The summed E-state index contributed by atoms with van der Waals surface area (Å²) in [4.78, 5) is 11.9. The van der Waals surface area contributed by atoms with Gasteiger partial charge in [0.15, 0.2) is 0 Å². The fourth-order valence-electron chi connectivity index (χ4n) is 4.07. The molecule has 1 aromatic rings. The number of nitrogens with zero attached hydrogens (tertiary/aromatic N) is 1. The summed E-state index contributed by atoms with van der Waals surface area (Å²) in [5.41, 5.74) is 0.981. The summed E-state index contributed by atoms with van der Waals surface area (Å²) in [5.74, 6) is 0.819. The molecule has 0 saturated heterocycles. The number of hydrogen-bond acceptors (Lipinski definition) is 5. The number of ether oxygens (including phenoxy) is 1. The highest BCUT2D eigenvalue weighted by molar-refractivity contribution is 7.45. The smallest absolute Gasteiger partial charge is 0.268 e. The van der Waals surface area contributed by atoms with Crippen molar-refractivity contribution in [3.05, 3.63) is 42.0 Å². The van der Waals surface area contributed by atoms with Gasteiger partial charge in [-0.1, -0.05) is 89.0 Å². The minimum Gasteiger partial charge on any atom is -0.756 e. The summed E-state index contributed by atoms with van der Waals surface area (Å²) in [5, 5.41) is 0. The minimum absolute atomic E-state index is 0.0590. The Morgan fingerprint density at radius 1 is 0.789 bits per heavy atom. The number of hydrogen-bond donors (Lipinski definition) is 0. The number of phosphoric ester groups is 1. The molecule has 0 aliphatic rings. The maximum absolute atomic E-state index is 11.9. The van der Waals surface area contributed by atoms with Gasteiger partial charge in [0, 0.05) is 0 Å². The molecule has 7 heteroatoms. The number of likely N-dealkylation sites (N-methyl/N-ethyl adjacent to an activating group) is 1. The summed E-state index contributed by atoms with van der Waals surface area (Å²) < 4.78 is 28.4. The van der Waals surface area contributed by atoms with Crippen LogP contribution in [0.5, 0.6) is 5.75 Å². The van der Waals surface area contributed by atoms with E-state index in [1.165, 1.54) is 83.5 Å². The molecule has 0 aliphatic carbocycles. The van der Waals surface area contributed by atoms with E-state index in [9.17, 15) is 9.46 Å². The van der Waals surface area contributed by atoms with E-state index in [0.717, 1.165) is 17.7 Å². The van der Waals surface area contributed by atoms with Gasteiger partial charge in [-0.3, -0.25) is 4.57 Å². The SMILES string of the molecule is CCCCCCCC/C=C\CCCCCCCCOc1cccc(CCOP(=O)([O-])OCC[N+](C)(C)C)c1. The maximum atomic E-state index is 11.9. The molecule has 38 heavy (non-hydrogen) atoms. The molecule has 1 atom stereocenters. The standard InChI is InChI=1S/C31H56NO5P/c1-5-6-7-8-9-10-11-12-13-14-15-16-17-18-19-20-26-35-31-23-21-22-30(29-31)24-27-36-38(33,34)37-28-25-32(2,3)4/h12-13,21-23,29H,5-11,14-20,24-28H2,1-4H3/b13-12-. The van der Waals surface area contributed by atoms with Crippen molar-refractivity contribution in [2.24, 2.45) is 0 Å². The fraction of sp³-hybridized carbons (Fsp3) is 0.742. The third kappa shape index (κ3) is 21.7. The number of phosphoric acid groups is 1. The van der Waals surface area contributed by atoms with Crippen LogP contribution in [-0.2, 0) is 20.0 Å². The highest BCUT2D eigenvalue weighted by Crippen LogP contribution is 2.38. The van der Waals surface area contributed by atoms with Crippen LogP contribution in [0.1, 0.15) is 102 Å². The molecule has 0 aromatic heterocycles. The number of unbranched alkanes of at least 4 members (excludes halogenated alkanes) is 12. The summed E-state index contributed by atoms with van der Waals surface area (Å²) in [6.45, 7) is 3.74. The first kappa shape index (κ1) is 34.9. The molecule has 0 spiro atoms. The van der Waals surface area contributed by atoms with Crippen LogP contribution < -0.4 is 9.63 Å². The third-order valence-corrected chi connectivity index (χ3v) is 7.47. The van der Waals surface area contributed by atoms with E-state index < -0.39 is 7.82 Å². The second-order valence-corrected chi connectivity index (χ2v) is 12.7. The van der Waals surface area contributed by atoms with Gasteiger partial charge in [-0.2, -0.15) is 0 Å². The second-order valence-electron chi connectivity index (χ2n) is 11.3. The van der Waals surface area contributed by atoms with E-state index in [0.29, 0.717) is 24.1 Å². The fourth-order valence-corrected chi connectivity index (χ4v) is 4.76. The lowest BCUT2D eigenvalue weighted by atomic mass is 10.1. The van der Waals surface area contributed by atoms with Gasteiger partial charge >= 0.3 is 0 Å². The van der Waals surface area contributed by atoms with Gasteiger partial charge in [0.25, 0.3) is 7.82 Å². The van der Waals surface area contributed by atoms with Crippen LogP contribution in [0, 0.1) is 0 Å².